The second kappa shape index (κ2) is 13.2. The molecule has 1 aliphatic rings. The number of rotatable bonds is 10. The van der Waals surface area contributed by atoms with Crippen LogP contribution in [-0.2, 0) is 10.0 Å². The molecule has 0 saturated carbocycles. The van der Waals surface area contributed by atoms with E-state index in [2.05, 4.69) is 37.3 Å². The van der Waals surface area contributed by atoms with Crippen LogP contribution in [0.4, 0.5) is 11.4 Å². The van der Waals surface area contributed by atoms with Gasteiger partial charge in [-0.2, -0.15) is 0 Å². The zero-order valence-corrected chi connectivity index (χ0v) is 30.2. The number of pyridine rings is 1. The van der Waals surface area contributed by atoms with E-state index in [-0.39, 0.29) is 17.9 Å². The third kappa shape index (κ3) is 6.53. The van der Waals surface area contributed by atoms with Crippen LogP contribution in [0.25, 0.3) is 33.2 Å². The number of aryl methyl sites for hydroxylation is 1. The van der Waals surface area contributed by atoms with E-state index in [1.54, 1.807) is 18.3 Å². The van der Waals surface area contributed by atoms with Crippen LogP contribution >= 0.6 is 0 Å². The number of hydrogen-bond donors (Lipinski definition) is 1. The van der Waals surface area contributed by atoms with E-state index in [9.17, 15) is 13.2 Å². The molecule has 7 rings (SSSR count). The maximum absolute atomic E-state index is 14.6. The quantitative estimate of drug-likeness (QED) is 0.152. The minimum atomic E-state index is -3.69. The summed E-state index contributed by atoms with van der Waals surface area (Å²) >= 11 is 0. The molecule has 1 aromatic heterocycles. The molecular weight excluding hydrogens is 659 g/mol. The van der Waals surface area contributed by atoms with Crippen LogP contribution in [0.1, 0.15) is 49.2 Å². The summed E-state index contributed by atoms with van der Waals surface area (Å²) in [6.45, 7) is 10.4. The molecule has 0 fully saturated rings. The molecule has 8 nitrogen and oxygen atoms in total. The number of ketones is 1. The summed E-state index contributed by atoms with van der Waals surface area (Å²) in [5, 5.41) is 1.23. The van der Waals surface area contributed by atoms with Crippen LogP contribution in [-0.4, -0.2) is 37.5 Å². The number of hydrogen-bond acceptors (Lipinski definition) is 7. The fraction of sp³-hybridized carbons (Fsp3) is 0.190. The summed E-state index contributed by atoms with van der Waals surface area (Å²) in [5.74, 6) is 1.80. The van der Waals surface area contributed by atoms with Gasteiger partial charge in [-0.25, -0.2) is 8.42 Å². The first-order valence-corrected chi connectivity index (χ1v) is 18.8. The highest BCUT2D eigenvalue weighted by molar-refractivity contribution is 7.92. The Labute approximate surface area is 298 Å². The fourth-order valence-corrected chi connectivity index (χ4v) is 7.61. The number of fused-ring (bicyclic) bond motifs is 2. The zero-order chi connectivity index (χ0) is 36.0. The SMILES string of the molecule is Cc1cccc(Oc2cc(Oc3ccccc3)c3cnc(-c4ccc(N(C(C)C)C(C)C)cc4NS(C)(=O)=O)c4c3c2C(=O)c2ccccc2-4)c1. The average molecular weight is 698 g/mol. The molecule has 51 heavy (non-hydrogen) atoms. The van der Waals surface area contributed by atoms with Gasteiger partial charge >= 0.3 is 0 Å². The van der Waals surface area contributed by atoms with E-state index in [4.69, 9.17) is 14.5 Å². The van der Waals surface area contributed by atoms with Gasteiger partial charge in [-0.05, 0) is 88.2 Å². The number of carbonyl (C=O) groups is 1. The number of benzene rings is 5. The van der Waals surface area contributed by atoms with Gasteiger partial charge in [-0.3, -0.25) is 14.5 Å². The number of para-hydroxylation sites is 1. The van der Waals surface area contributed by atoms with Crippen molar-refractivity contribution >= 4 is 38.0 Å². The Balaban J connectivity index is 1.56. The van der Waals surface area contributed by atoms with Crippen molar-refractivity contribution in [1.82, 2.24) is 4.98 Å². The summed E-state index contributed by atoms with van der Waals surface area (Å²) in [7, 11) is -3.69. The molecule has 258 valence electrons. The van der Waals surface area contributed by atoms with Crippen LogP contribution in [0.3, 0.4) is 0 Å². The highest BCUT2D eigenvalue weighted by Gasteiger charge is 2.34. The fourth-order valence-electron chi connectivity index (χ4n) is 7.04. The predicted molar refractivity (Wildman–Crippen MR) is 205 cm³/mol. The summed E-state index contributed by atoms with van der Waals surface area (Å²) < 4.78 is 41.5. The molecule has 1 N–H and O–H groups in total. The summed E-state index contributed by atoms with van der Waals surface area (Å²) in [4.78, 5) is 21.8. The Morgan fingerprint density at radius 3 is 2.06 bits per heavy atom. The molecule has 9 heteroatoms. The maximum Gasteiger partial charge on any atom is 0.229 e. The molecule has 0 spiro atoms. The Hall–Kier alpha value is -5.67. The van der Waals surface area contributed by atoms with E-state index in [0.29, 0.717) is 73.0 Å². The number of aromatic nitrogens is 1. The highest BCUT2D eigenvalue weighted by atomic mass is 32.2. The van der Waals surface area contributed by atoms with Gasteiger partial charge in [0.15, 0.2) is 5.78 Å². The maximum atomic E-state index is 14.6. The Morgan fingerprint density at radius 1 is 0.706 bits per heavy atom. The van der Waals surface area contributed by atoms with Crippen molar-refractivity contribution in [3.63, 3.8) is 0 Å². The van der Waals surface area contributed by atoms with Crippen LogP contribution in [0.2, 0.25) is 0 Å². The first kappa shape index (κ1) is 33.8. The first-order chi connectivity index (χ1) is 24.4. The highest BCUT2D eigenvalue weighted by Crippen LogP contribution is 2.51. The number of carbonyl (C=O) groups excluding carboxylic acids is 1. The van der Waals surface area contributed by atoms with Crippen molar-refractivity contribution in [2.45, 2.75) is 46.7 Å². The number of anilines is 2. The van der Waals surface area contributed by atoms with Gasteiger partial charge in [0.2, 0.25) is 10.0 Å². The van der Waals surface area contributed by atoms with Crippen molar-refractivity contribution in [1.29, 1.82) is 0 Å². The average Bonchev–Trinajstić information content (AvgIpc) is 3.07. The molecule has 0 atom stereocenters. The van der Waals surface area contributed by atoms with Crippen LogP contribution < -0.4 is 19.1 Å². The van der Waals surface area contributed by atoms with E-state index in [1.807, 2.05) is 97.9 Å². The van der Waals surface area contributed by atoms with Gasteiger partial charge in [0.1, 0.15) is 23.0 Å². The van der Waals surface area contributed by atoms with E-state index >= 15 is 0 Å². The molecule has 0 saturated heterocycles. The van der Waals surface area contributed by atoms with Crippen molar-refractivity contribution in [2.24, 2.45) is 0 Å². The van der Waals surface area contributed by atoms with Crippen molar-refractivity contribution in [3.8, 4) is 45.4 Å². The largest absolute Gasteiger partial charge is 0.457 e. The molecule has 0 amide bonds. The summed E-state index contributed by atoms with van der Waals surface area (Å²) in [6.07, 6.45) is 2.83. The van der Waals surface area contributed by atoms with Gasteiger partial charge in [-0.15, -0.1) is 0 Å². The van der Waals surface area contributed by atoms with E-state index < -0.39 is 10.0 Å². The monoisotopic (exact) mass is 697 g/mol. The molecule has 1 aliphatic carbocycles. The lowest BCUT2D eigenvalue weighted by Gasteiger charge is -2.33. The normalized spacial score (nSPS) is 12.3. The third-order valence-electron chi connectivity index (χ3n) is 8.92. The second-order valence-corrected chi connectivity index (χ2v) is 15.2. The molecule has 0 radical (unpaired) electrons. The number of nitrogens with zero attached hydrogens (tertiary/aromatic N) is 2. The minimum absolute atomic E-state index is 0.164. The molecule has 6 aromatic rings. The van der Waals surface area contributed by atoms with Gasteiger partial charge < -0.3 is 14.4 Å². The summed E-state index contributed by atoms with van der Waals surface area (Å²) in [5.41, 5.74) is 5.58. The molecular formula is C42H39N3O5S. The van der Waals surface area contributed by atoms with E-state index in [0.717, 1.165) is 17.5 Å². The lowest BCUT2D eigenvalue weighted by molar-refractivity contribution is 0.103. The third-order valence-corrected chi connectivity index (χ3v) is 9.51. The predicted octanol–water partition coefficient (Wildman–Crippen LogP) is 10.0. The lowest BCUT2D eigenvalue weighted by atomic mass is 9.80. The summed E-state index contributed by atoms with van der Waals surface area (Å²) in [6, 6.07) is 32.3. The van der Waals surface area contributed by atoms with Gasteiger partial charge in [0.25, 0.3) is 0 Å². The minimum Gasteiger partial charge on any atom is -0.457 e. The Bertz CT molecular complexity index is 2420. The van der Waals surface area contributed by atoms with Gasteiger partial charge in [0.05, 0.1) is 23.2 Å². The Morgan fingerprint density at radius 2 is 1.37 bits per heavy atom. The van der Waals surface area contributed by atoms with E-state index in [1.165, 1.54) is 0 Å². The second-order valence-electron chi connectivity index (χ2n) is 13.4. The van der Waals surface area contributed by atoms with Gasteiger partial charge in [0, 0.05) is 57.5 Å². The molecule has 0 aliphatic heterocycles. The topological polar surface area (TPSA) is 97.8 Å². The molecule has 0 unspecified atom stereocenters. The molecule has 1 heterocycles. The number of nitrogens with one attached hydrogen (secondary N) is 1. The molecule has 0 bridgehead atoms. The number of ether oxygens (including phenoxy) is 2. The van der Waals surface area contributed by atoms with Gasteiger partial charge in [-0.1, -0.05) is 54.6 Å². The van der Waals surface area contributed by atoms with Crippen LogP contribution in [0, 0.1) is 6.92 Å². The Kier molecular flexibility index (Phi) is 8.77. The number of sulfonamides is 1. The van der Waals surface area contributed by atoms with Crippen molar-refractivity contribution in [2.75, 3.05) is 15.9 Å². The first-order valence-electron chi connectivity index (χ1n) is 16.9. The lowest BCUT2D eigenvalue weighted by Crippen LogP contribution is -2.37. The smallest absolute Gasteiger partial charge is 0.229 e. The standard InChI is InChI=1S/C42H39N3O5S/c1-25(2)45(26(3)4)28-19-20-33(35(22-28)44-51(6,47)48)41-39-31-17-10-11-18-32(31)42(46)40-37(50-30-16-12-13-27(5)21-30)23-36(34(24-43-41)38(39)40)49-29-14-8-7-9-15-29/h7-26,44H,1-6H3. The zero-order valence-electron chi connectivity index (χ0n) is 29.4. The van der Waals surface area contributed by atoms with Crippen molar-refractivity contribution < 1.29 is 22.7 Å². The van der Waals surface area contributed by atoms with Crippen molar-refractivity contribution in [3.05, 3.63) is 126 Å². The van der Waals surface area contributed by atoms with Crippen LogP contribution in [0.5, 0.6) is 23.0 Å². The molecule has 5 aromatic carbocycles. The van der Waals surface area contributed by atoms with Crippen LogP contribution in [0.15, 0.2) is 109 Å².